The second-order valence-electron chi connectivity index (χ2n) is 10.7. The molecule has 0 spiro atoms. The first-order valence-electron chi connectivity index (χ1n) is 12.5. The van der Waals surface area contributed by atoms with Crippen LogP contribution in [0.2, 0.25) is 0 Å². The molecule has 5 rings (SSSR count). The quantitative estimate of drug-likeness (QED) is 0.422. The van der Waals surface area contributed by atoms with Gasteiger partial charge in [0.1, 0.15) is 6.04 Å². The molecule has 3 heterocycles. The van der Waals surface area contributed by atoms with Gasteiger partial charge in [0.05, 0.1) is 11.1 Å². The number of pyridine rings is 1. The highest BCUT2D eigenvalue weighted by Crippen LogP contribution is 2.34. The van der Waals surface area contributed by atoms with E-state index in [9.17, 15) is 18.0 Å². The second kappa shape index (κ2) is 9.54. The van der Waals surface area contributed by atoms with E-state index in [-0.39, 0.29) is 5.56 Å². The Balaban J connectivity index is 1.52. The fourth-order valence-electron chi connectivity index (χ4n) is 5.00. The third-order valence-electron chi connectivity index (χ3n) is 6.91. The fraction of sp³-hybridized carbons (Fsp3) is 0.407. The minimum absolute atomic E-state index is 0.227. The zero-order valence-electron chi connectivity index (χ0n) is 21.8. The van der Waals surface area contributed by atoms with Crippen molar-refractivity contribution in [2.75, 3.05) is 31.1 Å². The van der Waals surface area contributed by atoms with Crippen LogP contribution in [-0.4, -0.2) is 56.3 Å². The van der Waals surface area contributed by atoms with Crippen LogP contribution in [0, 0.1) is 6.92 Å². The van der Waals surface area contributed by atoms with Crippen molar-refractivity contribution in [3.63, 3.8) is 0 Å². The molecule has 0 amide bonds. The molecule has 1 aliphatic rings. The molecule has 8 nitrogen and oxygen atoms in total. The Hall–Kier alpha value is -3.73. The molecule has 11 heteroatoms. The van der Waals surface area contributed by atoms with Gasteiger partial charge in [-0.15, -0.1) is 5.10 Å². The number of benzene rings is 2. The maximum atomic E-state index is 13.4. The van der Waals surface area contributed by atoms with E-state index in [0.717, 1.165) is 22.5 Å². The number of rotatable bonds is 4. The van der Waals surface area contributed by atoms with Gasteiger partial charge in [-0.3, -0.25) is 9.69 Å². The van der Waals surface area contributed by atoms with E-state index < -0.39 is 23.3 Å². The molecule has 1 atom stereocenters. The first kappa shape index (κ1) is 25.9. The first-order valence-corrected chi connectivity index (χ1v) is 12.5. The summed E-state index contributed by atoms with van der Waals surface area (Å²) in [6, 6.07) is 12.6. The molecule has 1 saturated heterocycles. The van der Waals surface area contributed by atoms with Crippen molar-refractivity contribution >= 4 is 16.6 Å². The van der Waals surface area contributed by atoms with Gasteiger partial charge in [-0.1, -0.05) is 17.7 Å². The number of alkyl halides is 3. The fourth-order valence-corrected chi connectivity index (χ4v) is 5.00. The average molecular weight is 526 g/mol. The molecule has 0 bridgehead atoms. The molecule has 4 aromatic rings. The highest BCUT2D eigenvalue weighted by Gasteiger charge is 2.36. The number of hydrogen-bond acceptors (Lipinski definition) is 6. The van der Waals surface area contributed by atoms with Crippen LogP contribution in [0.1, 0.15) is 49.3 Å². The number of anilines is 1. The molecule has 0 saturated carbocycles. The van der Waals surface area contributed by atoms with Gasteiger partial charge in [0.2, 0.25) is 0 Å². The van der Waals surface area contributed by atoms with E-state index in [2.05, 4.69) is 25.4 Å². The number of tetrazole rings is 1. The van der Waals surface area contributed by atoms with E-state index in [1.165, 1.54) is 12.1 Å². The Morgan fingerprint density at radius 2 is 1.71 bits per heavy atom. The maximum Gasteiger partial charge on any atom is 0.416 e. The van der Waals surface area contributed by atoms with Crippen molar-refractivity contribution in [2.24, 2.45) is 0 Å². The average Bonchev–Trinajstić information content (AvgIpc) is 3.35. The molecule has 38 heavy (non-hydrogen) atoms. The molecule has 1 fully saturated rings. The molecular formula is C27H30F3N7O. The number of aromatic amines is 1. The van der Waals surface area contributed by atoms with E-state index in [1.807, 2.05) is 56.9 Å². The Morgan fingerprint density at radius 1 is 0.974 bits per heavy atom. The van der Waals surface area contributed by atoms with E-state index in [0.29, 0.717) is 43.3 Å². The Morgan fingerprint density at radius 3 is 2.39 bits per heavy atom. The Bertz CT molecular complexity index is 1510. The van der Waals surface area contributed by atoms with Crippen LogP contribution < -0.4 is 10.5 Å². The van der Waals surface area contributed by atoms with E-state index >= 15 is 0 Å². The van der Waals surface area contributed by atoms with Crippen LogP contribution in [0.15, 0.2) is 53.3 Å². The summed E-state index contributed by atoms with van der Waals surface area (Å²) >= 11 is 0. The highest BCUT2D eigenvalue weighted by molar-refractivity contribution is 5.79. The number of nitrogens with one attached hydrogen (secondary N) is 1. The van der Waals surface area contributed by atoms with Crippen molar-refractivity contribution in [1.82, 2.24) is 30.1 Å². The summed E-state index contributed by atoms with van der Waals surface area (Å²) in [6.45, 7) is 9.94. The minimum Gasteiger partial charge on any atom is -0.369 e. The van der Waals surface area contributed by atoms with Crippen LogP contribution in [0.25, 0.3) is 10.9 Å². The Kier molecular flexibility index (Phi) is 6.50. The topological polar surface area (TPSA) is 82.9 Å². The molecule has 1 N–H and O–H groups in total. The van der Waals surface area contributed by atoms with Crippen molar-refractivity contribution in [1.29, 1.82) is 0 Å². The summed E-state index contributed by atoms with van der Waals surface area (Å²) < 4.78 is 41.6. The predicted octanol–water partition coefficient (Wildman–Crippen LogP) is 4.51. The molecule has 2 aromatic carbocycles. The number of halogens is 3. The number of piperazine rings is 1. The van der Waals surface area contributed by atoms with Gasteiger partial charge in [0.25, 0.3) is 5.56 Å². The lowest BCUT2D eigenvalue weighted by atomic mass is 10.0. The summed E-state index contributed by atoms with van der Waals surface area (Å²) in [5, 5.41) is 13.4. The summed E-state index contributed by atoms with van der Waals surface area (Å²) in [5.74, 6) is 0.544. The summed E-state index contributed by atoms with van der Waals surface area (Å²) in [4.78, 5) is 20.5. The standard InChI is InChI=1S/C27H30F3N7O/c1-17-8-9-22-18(14-17)15-21(25(38)31-22)23(24-32-33-34-37(24)26(2,3)4)36-12-10-35(11-13-36)20-7-5-6-19(16-20)27(28,29)30/h5-9,14-16,23H,10-13H2,1-4H3,(H,31,38)/t23-/m1/s1. The predicted molar refractivity (Wildman–Crippen MR) is 139 cm³/mol. The number of aromatic nitrogens is 5. The number of hydrogen-bond donors (Lipinski definition) is 1. The van der Waals surface area contributed by atoms with Gasteiger partial charge >= 0.3 is 6.18 Å². The van der Waals surface area contributed by atoms with Gasteiger partial charge in [0.15, 0.2) is 5.82 Å². The monoisotopic (exact) mass is 525 g/mol. The van der Waals surface area contributed by atoms with E-state index in [1.54, 1.807) is 10.7 Å². The van der Waals surface area contributed by atoms with Crippen molar-refractivity contribution in [3.05, 3.63) is 81.4 Å². The lowest BCUT2D eigenvalue weighted by molar-refractivity contribution is -0.137. The maximum absolute atomic E-state index is 13.4. The molecule has 1 aliphatic heterocycles. The molecule has 0 aliphatic carbocycles. The minimum atomic E-state index is -4.40. The smallest absolute Gasteiger partial charge is 0.369 e. The molecule has 200 valence electrons. The van der Waals surface area contributed by atoms with Gasteiger partial charge in [-0.05, 0) is 79.9 Å². The van der Waals surface area contributed by atoms with Crippen LogP contribution in [0.4, 0.5) is 18.9 Å². The zero-order chi connectivity index (χ0) is 27.2. The second-order valence-corrected chi connectivity index (χ2v) is 10.7. The van der Waals surface area contributed by atoms with E-state index in [4.69, 9.17) is 0 Å². The van der Waals surface area contributed by atoms with Crippen LogP contribution in [-0.2, 0) is 11.7 Å². The number of fused-ring (bicyclic) bond motifs is 1. The number of aryl methyl sites for hydroxylation is 1. The Labute approximate surface area is 218 Å². The zero-order valence-corrected chi connectivity index (χ0v) is 21.8. The molecular weight excluding hydrogens is 495 g/mol. The van der Waals surface area contributed by atoms with Crippen molar-refractivity contribution in [2.45, 2.75) is 45.5 Å². The summed E-state index contributed by atoms with van der Waals surface area (Å²) in [5.41, 5.74) is 1.53. The molecule has 0 unspecified atom stereocenters. The van der Waals surface area contributed by atoms with Crippen LogP contribution >= 0.6 is 0 Å². The summed E-state index contributed by atoms with van der Waals surface area (Å²) in [7, 11) is 0. The first-order chi connectivity index (χ1) is 17.9. The third kappa shape index (κ3) is 5.02. The normalized spacial score (nSPS) is 16.2. The van der Waals surface area contributed by atoms with Crippen LogP contribution in [0.5, 0.6) is 0 Å². The molecule has 2 aromatic heterocycles. The SMILES string of the molecule is Cc1ccc2[nH]c(=O)c([C@H](c3nnnn3C(C)(C)C)N3CCN(c4cccc(C(F)(F)F)c4)CC3)cc2c1. The number of nitrogens with zero attached hydrogens (tertiary/aromatic N) is 6. The van der Waals surface area contributed by atoms with Crippen molar-refractivity contribution in [3.8, 4) is 0 Å². The lowest BCUT2D eigenvalue weighted by Crippen LogP contribution is -2.49. The lowest BCUT2D eigenvalue weighted by Gasteiger charge is -2.40. The highest BCUT2D eigenvalue weighted by atomic mass is 19.4. The van der Waals surface area contributed by atoms with Gasteiger partial charge in [0, 0.05) is 42.9 Å². The van der Waals surface area contributed by atoms with Gasteiger partial charge < -0.3 is 9.88 Å². The van der Waals surface area contributed by atoms with Crippen LogP contribution in [0.3, 0.4) is 0 Å². The summed E-state index contributed by atoms with van der Waals surface area (Å²) in [6.07, 6.45) is -4.40. The molecule has 0 radical (unpaired) electrons. The third-order valence-corrected chi connectivity index (χ3v) is 6.91. The van der Waals surface area contributed by atoms with Gasteiger partial charge in [-0.2, -0.15) is 13.2 Å². The number of H-pyrrole nitrogens is 1. The van der Waals surface area contributed by atoms with Crippen molar-refractivity contribution < 1.29 is 13.2 Å². The van der Waals surface area contributed by atoms with Gasteiger partial charge in [-0.25, -0.2) is 4.68 Å². The largest absolute Gasteiger partial charge is 0.416 e.